The highest BCUT2D eigenvalue weighted by atomic mass is 32.2. The van der Waals surface area contributed by atoms with Gasteiger partial charge in [-0.15, -0.1) is 0 Å². The van der Waals surface area contributed by atoms with Crippen molar-refractivity contribution in [1.29, 1.82) is 0 Å². The average molecular weight is 428 g/mol. The van der Waals surface area contributed by atoms with Gasteiger partial charge in [-0.2, -0.15) is 0 Å². The molecule has 30 heavy (non-hydrogen) atoms. The molecule has 0 atom stereocenters. The molecule has 1 fully saturated rings. The van der Waals surface area contributed by atoms with Crippen molar-refractivity contribution in [2.45, 2.75) is 38.6 Å². The maximum Gasteiger partial charge on any atom is 0.224 e. The monoisotopic (exact) mass is 427 g/mol. The summed E-state index contributed by atoms with van der Waals surface area (Å²) in [5.74, 6) is -0.104. The number of nitrogens with one attached hydrogen (secondary N) is 1. The number of amides is 1. The lowest BCUT2D eigenvalue weighted by Gasteiger charge is -2.21. The third-order valence-electron chi connectivity index (χ3n) is 5.90. The summed E-state index contributed by atoms with van der Waals surface area (Å²) in [5.41, 5.74) is 4.48. The molecular weight excluding hydrogens is 398 g/mol. The predicted molar refractivity (Wildman–Crippen MR) is 120 cm³/mol. The zero-order valence-corrected chi connectivity index (χ0v) is 18.0. The number of rotatable bonds is 8. The standard InChI is InChI=1S/C23H29N3O3S/c27-23(12-7-17-30(28,29)26-14-5-6-15-26)24-21-10-3-1-9-20(21)18-25-16-13-19-8-2-4-11-22(19)25/h1-4,8-11H,5-7,12-18H2,(H,24,27). The van der Waals surface area contributed by atoms with Gasteiger partial charge in [-0.05, 0) is 48.9 Å². The van der Waals surface area contributed by atoms with Crippen molar-refractivity contribution < 1.29 is 13.2 Å². The van der Waals surface area contributed by atoms with E-state index in [-0.39, 0.29) is 18.1 Å². The fraction of sp³-hybridized carbons (Fsp3) is 0.435. The molecule has 0 radical (unpaired) electrons. The van der Waals surface area contributed by atoms with Crippen molar-refractivity contribution in [2.24, 2.45) is 0 Å². The molecule has 0 spiro atoms. The maximum atomic E-state index is 12.5. The molecule has 160 valence electrons. The molecular formula is C23H29N3O3S. The summed E-state index contributed by atoms with van der Waals surface area (Å²) in [6.07, 6.45) is 3.44. The zero-order valence-electron chi connectivity index (χ0n) is 17.2. The fourth-order valence-electron chi connectivity index (χ4n) is 4.28. The molecule has 4 rings (SSSR count). The first kappa shape index (κ1) is 20.9. The highest BCUT2D eigenvalue weighted by molar-refractivity contribution is 7.89. The molecule has 0 saturated carbocycles. The minimum atomic E-state index is -3.23. The van der Waals surface area contributed by atoms with Gasteiger partial charge in [-0.3, -0.25) is 4.79 Å². The van der Waals surface area contributed by atoms with Crippen LogP contribution in [0, 0.1) is 0 Å². The van der Waals surface area contributed by atoms with Crippen molar-refractivity contribution >= 4 is 27.3 Å². The normalized spacial score (nSPS) is 16.6. The Kier molecular flexibility index (Phi) is 6.39. The smallest absolute Gasteiger partial charge is 0.224 e. The number of anilines is 2. The number of hydrogen-bond acceptors (Lipinski definition) is 4. The number of nitrogens with zero attached hydrogens (tertiary/aromatic N) is 2. The molecule has 0 aliphatic carbocycles. The van der Waals surface area contributed by atoms with E-state index in [9.17, 15) is 13.2 Å². The largest absolute Gasteiger partial charge is 0.367 e. The molecule has 6 nitrogen and oxygen atoms in total. The van der Waals surface area contributed by atoms with Crippen LogP contribution in [-0.2, 0) is 27.8 Å². The van der Waals surface area contributed by atoms with Crippen LogP contribution in [0.2, 0.25) is 0 Å². The van der Waals surface area contributed by atoms with Gasteiger partial charge in [-0.1, -0.05) is 36.4 Å². The molecule has 7 heteroatoms. The summed E-state index contributed by atoms with van der Waals surface area (Å²) in [6.45, 7) is 2.93. The fourth-order valence-corrected chi connectivity index (χ4v) is 5.86. The molecule has 1 saturated heterocycles. The van der Waals surface area contributed by atoms with Gasteiger partial charge in [0.1, 0.15) is 0 Å². The van der Waals surface area contributed by atoms with Crippen LogP contribution >= 0.6 is 0 Å². The average Bonchev–Trinajstić information content (AvgIpc) is 3.41. The van der Waals surface area contributed by atoms with Crippen molar-refractivity contribution in [2.75, 3.05) is 35.6 Å². The first-order chi connectivity index (χ1) is 14.5. The Morgan fingerprint density at radius 3 is 2.53 bits per heavy atom. The van der Waals surface area contributed by atoms with Gasteiger partial charge in [-0.25, -0.2) is 12.7 Å². The molecule has 2 aromatic rings. The number of sulfonamides is 1. The summed E-state index contributed by atoms with van der Waals surface area (Å²) < 4.78 is 26.2. The van der Waals surface area contributed by atoms with Gasteiger partial charge in [0.25, 0.3) is 0 Å². The summed E-state index contributed by atoms with van der Waals surface area (Å²) in [6, 6.07) is 16.3. The van der Waals surface area contributed by atoms with Crippen LogP contribution in [0.1, 0.15) is 36.8 Å². The Balaban J connectivity index is 1.33. The number of hydrogen-bond donors (Lipinski definition) is 1. The Morgan fingerprint density at radius 2 is 1.70 bits per heavy atom. The van der Waals surface area contributed by atoms with E-state index in [4.69, 9.17) is 0 Å². The van der Waals surface area contributed by atoms with Gasteiger partial charge in [0.15, 0.2) is 0 Å². The number of carbonyl (C=O) groups excluding carboxylic acids is 1. The second kappa shape index (κ2) is 9.18. The molecule has 0 unspecified atom stereocenters. The van der Waals surface area contributed by atoms with Crippen LogP contribution in [0.5, 0.6) is 0 Å². The second-order valence-electron chi connectivity index (χ2n) is 8.03. The highest BCUT2D eigenvalue weighted by Crippen LogP contribution is 2.30. The molecule has 2 aromatic carbocycles. The summed E-state index contributed by atoms with van der Waals surface area (Å²) in [7, 11) is -3.23. The van der Waals surface area contributed by atoms with E-state index in [0.717, 1.165) is 43.6 Å². The minimum absolute atomic E-state index is 0.0344. The Morgan fingerprint density at radius 1 is 0.967 bits per heavy atom. The van der Waals surface area contributed by atoms with E-state index in [1.807, 2.05) is 24.3 Å². The summed E-state index contributed by atoms with van der Waals surface area (Å²) in [4.78, 5) is 14.8. The SMILES string of the molecule is O=C(CCCS(=O)(=O)N1CCCC1)Nc1ccccc1CN1CCc2ccccc21. The summed E-state index contributed by atoms with van der Waals surface area (Å²) in [5, 5.41) is 2.99. The van der Waals surface area contributed by atoms with Crippen molar-refractivity contribution in [3.05, 3.63) is 59.7 Å². The predicted octanol–water partition coefficient (Wildman–Crippen LogP) is 3.39. The Hall–Kier alpha value is -2.38. The van der Waals surface area contributed by atoms with Crippen LogP contribution in [0.4, 0.5) is 11.4 Å². The molecule has 1 amide bonds. The van der Waals surface area contributed by atoms with Crippen LogP contribution in [0.3, 0.4) is 0 Å². The third-order valence-corrected chi connectivity index (χ3v) is 7.86. The molecule has 0 aromatic heterocycles. The molecule has 2 aliphatic rings. The molecule has 1 N–H and O–H groups in total. The van der Waals surface area contributed by atoms with Gasteiger partial charge < -0.3 is 10.2 Å². The quantitative estimate of drug-likeness (QED) is 0.701. The van der Waals surface area contributed by atoms with Gasteiger partial charge in [0.2, 0.25) is 15.9 Å². The van der Waals surface area contributed by atoms with Gasteiger partial charge in [0.05, 0.1) is 5.75 Å². The van der Waals surface area contributed by atoms with E-state index in [1.165, 1.54) is 11.3 Å². The molecule has 2 heterocycles. The number of carbonyl (C=O) groups is 1. The van der Waals surface area contributed by atoms with E-state index in [0.29, 0.717) is 19.5 Å². The van der Waals surface area contributed by atoms with Crippen LogP contribution < -0.4 is 10.2 Å². The zero-order chi connectivity index (χ0) is 21.0. The van der Waals surface area contributed by atoms with Crippen LogP contribution in [0.25, 0.3) is 0 Å². The molecule has 2 aliphatic heterocycles. The number of para-hydroxylation sites is 2. The highest BCUT2D eigenvalue weighted by Gasteiger charge is 2.25. The van der Waals surface area contributed by atoms with Gasteiger partial charge >= 0.3 is 0 Å². The number of benzene rings is 2. The lowest BCUT2D eigenvalue weighted by molar-refractivity contribution is -0.116. The van der Waals surface area contributed by atoms with E-state index >= 15 is 0 Å². The Bertz CT molecular complexity index is 1000. The maximum absolute atomic E-state index is 12.5. The topological polar surface area (TPSA) is 69.7 Å². The minimum Gasteiger partial charge on any atom is -0.367 e. The summed E-state index contributed by atoms with van der Waals surface area (Å²) >= 11 is 0. The number of fused-ring (bicyclic) bond motifs is 1. The van der Waals surface area contributed by atoms with Crippen LogP contribution in [-0.4, -0.2) is 44.0 Å². The van der Waals surface area contributed by atoms with E-state index in [2.05, 4.69) is 34.5 Å². The first-order valence-corrected chi connectivity index (χ1v) is 12.3. The molecule has 0 bridgehead atoms. The Labute approximate surface area is 178 Å². The van der Waals surface area contributed by atoms with E-state index < -0.39 is 10.0 Å². The van der Waals surface area contributed by atoms with Crippen molar-refractivity contribution in [3.63, 3.8) is 0 Å². The van der Waals surface area contributed by atoms with Crippen molar-refractivity contribution in [1.82, 2.24) is 4.31 Å². The lowest BCUT2D eigenvalue weighted by Crippen LogP contribution is -2.30. The second-order valence-corrected chi connectivity index (χ2v) is 10.1. The van der Waals surface area contributed by atoms with Gasteiger partial charge in [0, 0.05) is 44.0 Å². The first-order valence-electron chi connectivity index (χ1n) is 10.7. The lowest BCUT2D eigenvalue weighted by atomic mass is 10.1. The van der Waals surface area contributed by atoms with Crippen molar-refractivity contribution in [3.8, 4) is 0 Å². The third kappa shape index (κ3) is 4.84. The van der Waals surface area contributed by atoms with E-state index in [1.54, 1.807) is 4.31 Å². The van der Waals surface area contributed by atoms with Crippen LogP contribution in [0.15, 0.2) is 48.5 Å².